The minimum absolute atomic E-state index is 0.127. The van der Waals surface area contributed by atoms with E-state index in [-0.39, 0.29) is 5.41 Å². The molecule has 0 aliphatic rings. The summed E-state index contributed by atoms with van der Waals surface area (Å²) < 4.78 is 5.82. The summed E-state index contributed by atoms with van der Waals surface area (Å²) in [6.45, 7) is 14.6. The SMILES string of the molecule is Cc1ccc(SCCNCC(O)COc2ccc(C(C)(C)C)cc2C)cc1C.O=C(O)C(=O)O. The minimum atomic E-state index is -1.82. The van der Waals surface area contributed by atoms with E-state index < -0.39 is 18.0 Å². The number of aryl methyl sites for hydroxylation is 3. The number of thioether (sulfide) groups is 1. The van der Waals surface area contributed by atoms with E-state index >= 15 is 0 Å². The van der Waals surface area contributed by atoms with E-state index in [2.05, 4.69) is 77.2 Å². The minimum Gasteiger partial charge on any atom is -0.491 e. The second-order valence-corrected chi connectivity index (χ2v) is 10.3. The van der Waals surface area contributed by atoms with Gasteiger partial charge in [-0.3, -0.25) is 0 Å². The highest BCUT2D eigenvalue weighted by Gasteiger charge is 2.15. The second kappa shape index (κ2) is 14.0. The van der Waals surface area contributed by atoms with Crippen molar-refractivity contribution < 1.29 is 29.6 Å². The fourth-order valence-corrected chi connectivity index (χ4v) is 3.74. The van der Waals surface area contributed by atoms with Crippen LogP contribution in [0.1, 0.15) is 43.0 Å². The van der Waals surface area contributed by atoms with Gasteiger partial charge >= 0.3 is 11.9 Å². The zero-order valence-electron chi connectivity index (χ0n) is 20.8. The van der Waals surface area contributed by atoms with Gasteiger partial charge in [0.15, 0.2) is 0 Å². The zero-order valence-corrected chi connectivity index (χ0v) is 21.7. The van der Waals surface area contributed by atoms with Crippen LogP contribution in [0.25, 0.3) is 0 Å². The van der Waals surface area contributed by atoms with Crippen molar-refractivity contribution in [2.45, 2.75) is 58.0 Å². The zero-order chi connectivity index (χ0) is 25.9. The van der Waals surface area contributed by atoms with Crippen molar-refractivity contribution in [2.24, 2.45) is 0 Å². The first-order valence-electron chi connectivity index (χ1n) is 11.1. The quantitative estimate of drug-likeness (QED) is 0.234. The Morgan fingerprint density at radius 1 is 0.971 bits per heavy atom. The van der Waals surface area contributed by atoms with Crippen molar-refractivity contribution in [1.29, 1.82) is 0 Å². The van der Waals surface area contributed by atoms with E-state index in [1.807, 2.05) is 17.8 Å². The maximum atomic E-state index is 10.2. The maximum Gasteiger partial charge on any atom is 0.414 e. The monoisotopic (exact) mass is 491 g/mol. The lowest BCUT2D eigenvalue weighted by molar-refractivity contribution is -0.159. The molecule has 1 atom stereocenters. The summed E-state index contributed by atoms with van der Waals surface area (Å²) in [5, 5.41) is 28.3. The molecule has 8 heteroatoms. The average Bonchev–Trinajstić information content (AvgIpc) is 2.74. The maximum absolute atomic E-state index is 10.2. The molecule has 2 rings (SSSR count). The van der Waals surface area contributed by atoms with Crippen LogP contribution in [0.2, 0.25) is 0 Å². The Balaban J connectivity index is 0.000000852. The summed E-state index contributed by atoms with van der Waals surface area (Å²) in [4.78, 5) is 19.5. The number of aliphatic carboxylic acids is 2. The lowest BCUT2D eigenvalue weighted by atomic mass is 9.86. The van der Waals surface area contributed by atoms with Crippen LogP contribution in [0.15, 0.2) is 41.3 Å². The van der Waals surface area contributed by atoms with Gasteiger partial charge in [0.05, 0.1) is 0 Å². The number of nitrogens with one attached hydrogen (secondary N) is 1. The van der Waals surface area contributed by atoms with Gasteiger partial charge in [-0.25, -0.2) is 9.59 Å². The molecule has 0 radical (unpaired) electrons. The van der Waals surface area contributed by atoms with Gasteiger partial charge in [0.1, 0.15) is 18.5 Å². The third-order valence-electron chi connectivity index (χ3n) is 5.06. The van der Waals surface area contributed by atoms with Crippen LogP contribution in [0, 0.1) is 20.8 Å². The van der Waals surface area contributed by atoms with Gasteiger partial charge in [0, 0.05) is 23.7 Å². The molecule has 2 aromatic rings. The van der Waals surface area contributed by atoms with Gasteiger partial charge < -0.3 is 25.4 Å². The van der Waals surface area contributed by atoms with E-state index in [0.29, 0.717) is 13.2 Å². The molecule has 7 nitrogen and oxygen atoms in total. The number of benzene rings is 2. The number of hydrogen-bond donors (Lipinski definition) is 4. The van der Waals surface area contributed by atoms with E-state index in [1.165, 1.54) is 21.6 Å². The largest absolute Gasteiger partial charge is 0.491 e. The molecule has 0 aromatic heterocycles. The predicted molar refractivity (Wildman–Crippen MR) is 136 cm³/mol. The number of hydrogen-bond acceptors (Lipinski definition) is 6. The standard InChI is InChI=1S/C24H35NO2S.C2H2O4/c1-17-7-9-22(14-18(17)2)28-12-11-25-15-21(26)16-27-23-10-8-20(13-19(23)3)24(4,5)6;3-1(4)2(5)6/h7-10,13-14,21,25-26H,11-12,15-16H2,1-6H3;(H,3,4)(H,5,6). The molecule has 0 saturated heterocycles. The normalized spacial score (nSPS) is 11.9. The van der Waals surface area contributed by atoms with E-state index in [1.54, 1.807) is 0 Å². The molecule has 0 heterocycles. The van der Waals surface area contributed by atoms with Crippen molar-refractivity contribution in [3.8, 4) is 5.75 Å². The Kier molecular flexibility index (Phi) is 12.1. The number of aliphatic hydroxyl groups is 1. The van der Waals surface area contributed by atoms with Crippen LogP contribution in [-0.2, 0) is 15.0 Å². The number of ether oxygens (including phenoxy) is 1. The molecule has 0 bridgehead atoms. The van der Waals surface area contributed by atoms with Gasteiger partial charge in [-0.15, -0.1) is 11.8 Å². The molecule has 0 saturated carbocycles. The van der Waals surface area contributed by atoms with Crippen LogP contribution in [0.4, 0.5) is 0 Å². The Labute approximate surface area is 206 Å². The Bertz CT molecular complexity index is 943. The van der Waals surface area contributed by atoms with Crippen molar-refractivity contribution >= 4 is 23.7 Å². The van der Waals surface area contributed by atoms with Crippen molar-refractivity contribution in [1.82, 2.24) is 5.32 Å². The molecule has 0 spiro atoms. The van der Waals surface area contributed by atoms with Crippen LogP contribution < -0.4 is 10.1 Å². The molecule has 0 aliphatic carbocycles. The molecule has 0 fully saturated rings. The molecule has 34 heavy (non-hydrogen) atoms. The summed E-state index contributed by atoms with van der Waals surface area (Å²) in [7, 11) is 0. The number of carbonyl (C=O) groups is 2. The molecular formula is C26H37NO6S. The lowest BCUT2D eigenvalue weighted by Crippen LogP contribution is -2.32. The first-order chi connectivity index (χ1) is 15.8. The van der Waals surface area contributed by atoms with E-state index in [0.717, 1.165) is 23.6 Å². The smallest absolute Gasteiger partial charge is 0.414 e. The fraction of sp³-hybridized carbons (Fsp3) is 0.462. The van der Waals surface area contributed by atoms with Crippen molar-refractivity contribution in [3.05, 3.63) is 58.7 Å². The highest BCUT2D eigenvalue weighted by molar-refractivity contribution is 7.99. The van der Waals surface area contributed by atoms with E-state index in [9.17, 15) is 5.11 Å². The second-order valence-electron chi connectivity index (χ2n) is 9.10. The fourth-order valence-electron chi connectivity index (χ4n) is 2.84. The van der Waals surface area contributed by atoms with Gasteiger partial charge in [-0.05, 0) is 66.6 Å². The highest BCUT2D eigenvalue weighted by Crippen LogP contribution is 2.27. The third-order valence-corrected chi connectivity index (χ3v) is 6.06. The Morgan fingerprint density at radius 2 is 1.62 bits per heavy atom. The van der Waals surface area contributed by atoms with Crippen molar-refractivity contribution in [3.63, 3.8) is 0 Å². The van der Waals surface area contributed by atoms with Crippen LogP contribution in [0.3, 0.4) is 0 Å². The number of aliphatic hydroxyl groups excluding tert-OH is 1. The van der Waals surface area contributed by atoms with Crippen LogP contribution in [-0.4, -0.2) is 58.8 Å². The predicted octanol–water partition coefficient (Wildman–Crippen LogP) is 4.19. The van der Waals surface area contributed by atoms with Crippen molar-refractivity contribution in [2.75, 3.05) is 25.4 Å². The van der Waals surface area contributed by atoms with Gasteiger partial charge in [-0.2, -0.15) is 0 Å². The van der Waals surface area contributed by atoms with Gasteiger partial charge in [-0.1, -0.05) is 39.0 Å². The first-order valence-corrected chi connectivity index (χ1v) is 12.1. The molecule has 0 amide bonds. The number of carboxylic acid groups (broad SMARTS) is 2. The summed E-state index contributed by atoms with van der Waals surface area (Å²) in [6, 6.07) is 12.9. The first kappa shape index (κ1) is 29.5. The molecular weight excluding hydrogens is 454 g/mol. The summed E-state index contributed by atoms with van der Waals surface area (Å²) in [6.07, 6.45) is -0.520. The molecule has 4 N–H and O–H groups in total. The Hall–Kier alpha value is -2.55. The lowest BCUT2D eigenvalue weighted by Gasteiger charge is -2.21. The number of carboxylic acids is 2. The molecule has 2 aromatic carbocycles. The van der Waals surface area contributed by atoms with Gasteiger partial charge in [0.25, 0.3) is 0 Å². The molecule has 0 aliphatic heterocycles. The van der Waals surface area contributed by atoms with Crippen LogP contribution >= 0.6 is 11.8 Å². The molecule has 1 unspecified atom stereocenters. The topological polar surface area (TPSA) is 116 Å². The van der Waals surface area contributed by atoms with E-state index in [4.69, 9.17) is 24.5 Å². The summed E-state index contributed by atoms with van der Waals surface area (Å²) in [5.41, 5.74) is 5.19. The van der Waals surface area contributed by atoms with Gasteiger partial charge in [0.2, 0.25) is 0 Å². The molecule has 188 valence electrons. The van der Waals surface area contributed by atoms with Crippen LogP contribution in [0.5, 0.6) is 5.75 Å². The highest BCUT2D eigenvalue weighted by atomic mass is 32.2. The number of rotatable bonds is 9. The summed E-state index contributed by atoms with van der Waals surface area (Å²) in [5.74, 6) is -1.83. The Morgan fingerprint density at radius 3 is 2.15 bits per heavy atom. The summed E-state index contributed by atoms with van der Waals surface area (Å²) >= 11 is 1.83. The average molecular weight is 492 g/mol. The third kappa shape index (κ3) is 11.0.